The van der Waals surface area contributed by atoms with Gasteiger partial charge in [-0.1, -0.05) is 18.2 Å². The molecule has 0 unspecified atom stereocenters. The van der Waals surface area contributed by atoms with Crippen molar-refractivity contribution in [1.82, 2.24) is 14.9 Å². The van der Waals surface area contributed by atoms with Crippen molar-refractivity contribution >= 4 is 17.7 Å². The van der Waals surface area contributed by atoms with Crippen molar-refractivity contribution in [3.8, 4) is 11.3 Å². The van der Waals surface area contributed by atoms with Crippen molar-refractivity contribution < 1.29 is 9.53 Å². The number of likely N-dealkylation sites (tertiary alicyclic amines) is 1. The highest BCUT2D eigenvalue weighted by Crippen LogP contribution is 2.25. The molecule has 0 saturated carbocycles. The number of ether oxygens (including phenoxy) is 1. The second-order valence-corrected chi connectivity index (χ2v) is 8.70. The summed E-state index contributed by atoms with van der Waals surface area (Å²) in [6.45, 7) is 7.27. The normalized spacial score (nSPS) is 15.5. The van der Waals surface area contributed by atoms with E-state index in [1.165, 1.54) is 5.56 Å². The highest BCUT2D eigenvalue weighted by Gasteiger charge is 2.26. The molecule has 3 rings (SSSR count). The summed E-state index contributed by atoms with van der Waals surface area (Å²) >= 11 is 5.91. The van der Waals surface area contributed by atoms with Crippen LogP contribution in [0.1, 0.15) is 45.6 Å². The molecule has 0 atom stereocenters. The molecule has 1 aliphatic rings. The smallest absolute Gasteiger partial charge is 0.410 e. The molecule has 1 saturated heterocycles. The number of amides is 1. The Balaban J connectivity index is 1.51. The quantitative estimate of drug-likeness (QED) is 0.645. The lowest BCUT2D eigenvalue weighted by atomic mass is 9.90. The number of hydrogen-bond acceptors (Lipinski definition) is 4. The van der Waals surface area contributed by atoms with Crippen LogP contribution in [0.25, 0.3) is 11.3 Å². The lowest BCUT2D eigenvalue weighted by Gasteiger charge is -2.33. The first-order valence-corrected chi connectivity index (χ1v) is 10.2. The molecule has 28 heavy (non-hydrogen) atoms. The molecule has 150 valence electrons. The maximum absolute atomic E-state index is 12.2. The molecule has 6 heteroatoms. The molecule has 5 nitrogen and oxygen atoms in total. The average Bonchev–Trinajstić information content (AvgIpc) is 2.66. The molecule has 0 spiro atoms. The van der Waals surface area contributed by atoms with E-state index in [0.29, 0.717) is 5.92 Å². The average molecular weight is 402 g/mol. The van der Waals surface area contributed by atoms with Crippen molar-refractivity contribution in [2.45, 2.75) is 52.1 Å². The van der Waals surface area contributed by atoms with E-state index < -0.39 is 5.60 Å². The predicted molar refractivity (Wildman–Crippen MR) is 111 cm³/mol. The van der Waals surface area contributed by atoms with Crippen molar-refractivity contribution in [1.29, 1.82) is 0 Å². The van der Waals surface area contributed by atoms with Crippen LogP contribution < -0.4 is 0 Å². The van der Waals surface area contributed by atoms with Crippen LogP contribution in [0.3, 0.4) is 0 Å². The number of nitrogens with zero attached hydrogens (tertiary/aromatic N) is 3. The fourth-order valence-corrected chi connectivity index (χ4v) is 3.63. The minimum atomic E-state index is -0.438. The first kappa shape index (κ1) is 20.6. The number of aryl methyl sites for hydroxylation is 1. The number of carbonyl (C=O) groups is 1. The summed E-state index contributed by atoms with van der Waals surface area (Å²) in [4.78, 5) is 22.2. The number of benzene rings is 1. The highest BCUT2D eigenvalue weighted by molar-refractivity contribution is 6.28. The number of hydrogen-bond donors (Lipinski definition) is 0. The molecule has 1 aromatic heterocycles. The maximum Gasteiger partial charge on any atom is 0.410 e. The van der Waals surface area contributed by atoms with E-state index >= 15 is 0 Å². The fourth-order valence-electron chi connectivity index (χ4n) is 3.48. The lowest BCUT2D eigenvalue weighted by molar-refractivity contribution is 0.0181. The molecular weight excluding hydrogens is 374 g/mol. The summed E-state index contributed by atoms with van der Waals surface area (Å²) < 4.78 is 5.47. The first-order chi connectivity index (χ1) is 13.3. The van der Waals surface area contributed by atoms with Gasteiger partial charge in [-0.25, -0.2) is 14.8 Å². The van der Waals surface area contributed by atoms with Crippen LogP contribution in [-0.4, -0.2) is 39.7 Å². The summed E-state index contributed by atoms with van der Waals surface area (Å²) in [5.74, 6) is 0.635. The van der Waals surface area contributed by atoms with Crippen molar-refractivity contribution in [2.24, 2.45) is 5.92 Å². The number of aromatic nitrogens is 2. The zero-order valence-corrected chi connectivity index (χ0v) is 17.6. The summed E-state index contributed by atoms with van der Waals surface area (Å²) in [5.41, 5.74) is 2.75. The SMILES string of the molecule is CC(C)(C)OC(=O)N1CCC(CCc2cccc(-c3ccnc(Cl)n3)c2)CC1. The van der Waals surface area contributed by atoms with E-state index in [2.05, 4.69) is 28.2 Å². The van der Waals surface area contributed by atoms with Crippen molar-refractivity contribution in [3.63, 3.8) is 0 Å². The Morgan fingerprint density at radius 1 is 1.25 bits per heavy atom. The van der Waals surface area contributed by atoms with Gasteiger partial charge in [0.15, 0.2) is 0 Å². The maximum atomic E-state index is 12.2. The van der Waals surface area contributed by atoms with Gasteiger partial charge in [-0.05, 0) is 81.7 Å². The fraction of sp³-hybridized carbons (Fsp3) is 0.500. The Hall–Kier alpha value is -2.14. The molecule has 1 fully saturated rings. The van der Waals surface area contributed by atoms with Crippen molar-refractivity contribution in [3.05, 3.63) is 47.4 Å². The van der Waals surface area contributed by atoms with Crippen molar-refractivity contribution in [2.75, 3.05) is 13.1 Å². The largest absolute Gasteiger partial charge is 0.444 e. The van der Waals surface area contributed by atoms with Gasteiger partial charge in [0, 0.05) is 24.8 Å². The third-order valence-electron chi connectivity index (χ3n) is 4.96. The van der Waals surface area contributed by atoms with Gasteiger partial charge in [-0.2, -0.15) is 0 Å². The predicted octanol–water partition coefficient (Wildman–Crippen LogP) is 5.38. The van der Waals surface area contributed by atoms with E-state index in [1.807, 2.05) is 37.8 Å². The summed E-state index contributed by atoms with van der Waals surface area (Å²) in [6, 6.07) is 10.3. The molecule has 1 aromatic carbocycles. The van der Waals surface area contributed by atoms with Crippen LogP contribution in [0.2, 0.25) is 5.28 Å². The molecule has 1 amide bonds. The number of piperidine rings is 1. The number of carbonyl (C=O) groups excluding carboxylic acids is 1. The third kappa shape index (κ3) is 5.93. The molecule has 2 heterocycles. The van der Waals surface area contributed by atoms with Gasteiger partial charge in [0.2, 0.25) is 5.28 Å². The molecule has 0 bridgehead atoms. The minimum absolute atomic E-state index is 0.192. The van der Waals surface area contributed by atoms with E-state index in [-0.39, 0.29) is 11.4 Å². The standard InChI is InChI=1S/C22H28ClN3O2/c1-22(2,3)28-21(27)26-13-10-16(11-14-26)7-8-17-5-4-6-18(15-17)19-9-12-24-20(23)25-19/h4-6,9,12,15-16H,7-8,10-11,13-14H2,1-3H3. The summed E-state index contributed by atoms with van der Waals surface area (Å²) in [6.07, 6.45) is 5.68. The van der Waals surface area contributed by atoms with E-state index in [9.17, 15) is 4.79 Å². The second-order valence-electron chi connectivity index (χ2n) is 8.36. The van der Waals surface area contributed by atoms with Gasteiger partial charge >= 0.3 is 6.09 Å². The van der Waals surface area contributed by atoms with Gasteiger partial charge in [-0.3, -0.25) is 0 Å². The van der Waals surface area contributed by atoms with Crippen LogP contribution in [0.5, 0.6) is 0 Å². The Kier molecular flexibility index (Phi) is 6.55. The van der Waals surface area contributed by atoms with E-state index in [4.69, 9.17) is 16.3 Å². The second kappa shape index (κ2) is 8.91. The molecular formula is C22H28ClN3O2. The van der Waals surface area contributed by atoms with Crippen LogP contribution in [0.15, 0.2) is 36.5 Å². The van der Waals surface area contributed by atoms with Gasteiger partial charge in [0.05, 0.1) is 5.69 Å². The van der Waals surface area contributed by atoms with Crippen LogP contribution >= 0.6 is 11.6 Å². The highest BCUT2D eigenvalue weighted by atomic mass is 35.5. The molecule has 0 aliphatic carbocycles. The number of halogens is 1. The zero-order chi connectivity index (χ0) is 20.1. The molecule has 2 aromatic rings. The first-order valence-electron chi connectivity index (χ1n) is 9.86. The van der Waals surface area contributed by atoms with E-state index in [0.717, 1.165) is 50.0 Å². The Morgan fingerprint density at radius 2 is 2.00 bits per heavy atom. The molecule has 1 aliphatic heterocycles. The van der Waals surface area contributed by atoms with Crippen LogP contribution in [0.4, 0.5) is 4.79 Å². The third-order valence-corrected chi connectivity index (χ3v) is 5.14. The Bertz CT molecular complexity index is 811. The topological polar surface area (TPSA) is 55.3 Å². The van der Waals surface area contributed by atoms with Gasteiger partial charge < -0.3 is 9.64 Å². The van der Waals surface area contributed by atoms with Crippen LogP contribution in [0, 0.1) is 5.92 Å². The van der Waals surface area contributed by atoms with Gasteiger partial charge in [0.1, 0.15) is 5.60 Å². The van der Waals surface area contributed by atoms with E-state index in [1.54, 1.807) is 6.20 Å². The minimum Gasteiger partial charge on any atom is -0.444 e. The molecule has 0 radical (unpaired) electrons. The van der Waals surface area contributed by atoms with Gasteiger partial charge in [-0.15, -0.1) is 0 Å². The summed E-state index contributed by atoms with van der Waals surface area (Å²) in [7, 11) is 0. The lowest BCUT2D eigenvalue weighted by Crippen LogP contribution is -2.41. The number of rotatable bonds is 4. The molecule has 0 N–H and O–H groups in total. The van der Waals surface area contributed by atoms with Crippen LogP contribution in [-0.2, 0) is 11.2 Å². The zero-order valence-electron chi connectivity index (χ0n) is 16.8. The summed E-state index contributed by atoms with van der Waals surface area (Å²) in [5, 5.41) is 0.264. The monoisotopic (exact) mass is 401 g/mol. The van der Waals surface area contributed by atoms with Gasteiger partial charge in [0.25, 0.3) is 0 Å². The Morgan fingerprint density at radius 3 is 2.68 bits per heavy atom. The Labute approximate surface area is 172 Å².